The van der Waals surface area contributed by atoms with E-state index < -0.39 is 0 Å². The van der Waals surface area contributed by atoms with Crippen LogP contribution in [0.15, 0.2) is 0 Å². The minimum Gasteiger partial charge on any atom is -0.466 e. The van der Waals surface area contributed by atoms with Gasteiger partial charge in [-0.3, -0.25) is 9.59 Å². The number of nitrogens with one attached hydrogen (secondary N) is 1. The van der Waals surface area contributed by atoms with Crippen LogP contribution in [0.1, 0.15) is 51.9 Å². The van der Waals surface area contributed by atoms with Crippen LogP contribution in [-0.4, -0.2) is 31.1 Å². The Morgan fingerprint density at radius 2 is 1.89 bits per heavy atom. The maximum Gasteiger partial charge on any atom is 0.308 e. The van der Waals surface area contributed by atoms with Crippen LogP contribution in [0, 0.1) is 5.92 Å². The third kappa shape index (κ3) is 6.05. The van der Waals surface area contributed by atoms with E-state index in [9.17, 15) is 9.59 Å². The van der Waals surface area contributed by atoms with E-state index in [1.54, 1.807) is 0 Å². The van der Waals surface area contributed by atoms with Crippen LogP contribution in [0.25, 0.3) is 0 Å². The van der Waals surface area contributed by atoms with Crippen LogP contribution in [0.3, 0.4) is 0 Å². The molecule has 0 aromatic rings. The highest BCUT2D eigenvalue weighted by Gasteiger charge is 2.27. The molecule has 0 aliphatic heterocycles. The lowest BCUT2D eigenvalue weighted by atomic mass is 9.86. The van der Waals surface area contributed by atoms with Gasteiger partial charge in [0, 0.05) is 12.5 Å². The van der Waals surface area contributed by atoms with Crippen LogP contribution in [-0.2, 0) is 14.3 Å². The molecule has 0 spiro atoms. The summed E-state index contributed by atoms with van der Waals surface area (Å²) in [5, 5.41) is 3.04. The number of carbonyl (C=O) groups is 2. The van der Waals surface area contributed by atoms with Crippen LogP contribution >= 0.6 is 0 Å². The molecule has 0 radical (unpaired) electrons. The Morgan fingerprint density at radius 3 is 2.47 bits per heavy atom. The fraction of sp³-hybridized carbons (Fsp3) is 0.857. The maximum absolute atomic E-state index is 11.7. The summed E-state index contributed by atoms with van der Waals surface area (Å²) >= 11 is 0. The number of hydrogen-bond donors (Lipinski definition) is 2. The smallest absolute Gasteiger partial charge is 0.308 e. The number of esters is 1. The first-order chi connectivity index (χ1) is 9.17. The normalized spacial score (nSPS) is 22.8. The van der Waals surface area contributed by atoms with E-state index in [4.69, 9.17) is 10.5 Å². The molecule has 0 bridgehead atoms. The van der Waals surface area contributed by atoms with Gasteiger partial charge in [0.15, 0.2) is 0 Å². The largest absolute Gasteiger partial charge is 0.466 e. The number of ether oxygens (including phenoxy) is 1. The molecule has 0 saturated heterocycles. The van der Waals surface area contributed by atoms with E-state index in [2.05, 4.69) is 5.32 Å². The molecule has 1 saturated carbocycles. The second-order valence-electron chi connectivity index (χ2n) is 5.11. The fourth-order valence-corrected chi connectivity index (χ4v) is 2.46. The monoisotopic (exact) mass is 270 g/mol. The van der Waals surface area contributed by atoms with Crippen molar-refractivity contribution < 1.29 is 14.3 Å². The van der Waals surface area contributed by atoms with E-state index >= 15 is 0 Å². The molecular weight excluding hydrogens is 244 g/mol. The Bertz CT molecular complexity index is 286. The number of rotatable bonds is 7. The lowest BCUT2D eigenvalue weighted by Gasteiger charge is -2.27. The lowest BCUT2D eigenvalue weighted by molar-refractivity contribution is -0.149. The molecule has 0 aromatic heterocycles. The highest BCUT2D eigenvalue weighted by atomic mass is 16.5. The van der Waals surface area contributed by atoms with Crippen molar-refractivity contribution in [3.05, 3.63) is 0 Å². The van der Waals surface area contributed by atoms with Gasteiger partial charge in [-0.2, -0.15) is 0 Å². The van der Waals surface area contributed by atoms with Gasteiger partial charge in [0.05, 0.1) is 12.5 Å². The second-order valence-corrected chi connectivity index (χ2v) is 5.11. The quantitative estimate of drug-likeness (QED) is 0.540. The van der Waals surface area contributed by atoms with Crippen LogP contribution in [0.2, 0.25) is 0 Å². The number of amides is 1. The molecule has 1 amide bonds. The van der Waals surface area contributed by atoms with Gasteiger partial charge in [-0.05, 0) is 52.0 Å². The van der Waals surface area contributed by atoms with Crippen molar-refractivity contribution in [3.63, 3.8) is 0 Å². The van der Waals surface area contributed by atoms with Gasteiger partial charge >= 0.3 is 5.97 Å². The summed E-state index contributed by atoms with van der Waals surface area (Å²) in [7, 11) is 0. The molecule has 0 heterocycles. The molecule has 1 rings (SSSR count). The topological polar surface area (TPSA) is 81.4 Å². The molecule has 110 valence electrons. The molecule has 5 heteroatoms. The summed E-state index contributed by atoms with van der Waals surface area (Å²) in [5.41, 5.74) is 5.39. The van der Waals surface area contributed by atoms with Gasteiger partial charge in [0.2, 0.25) is 5.91 Å². The van der Waals surface area contributed by atoms with Gasteiger partial charge in [-0.1, -0.05) is 0 Å². The summed E-state index contributed by atoms with van der Waals surface area (Å²) in [6.07, 6.45) is 5.65. The molecule has 5 nitrogen and oxygen atoms in total. The van der Waals surface area contributed by atoms with E-state index in [1.165, 1.54) is 0 Å². The molecule has 3 N–H and O–H groups in total. The van der Waals surface area contributed by atoms with E-state index in [0.717, 1.165) is 38.5 Å². The van der Waals surface area contributed by atoms with Crippen molar-refractivity contribution in [2.24, 2.45) is 11.7 Å². The van der Waals surface area contributed by atoms with Crippen molar-refractivity contribution >= 4 is 11.9 Å². The molecule has 1 fully saturated rings. The molecular formula is C14H26N2O3. The van der Waals surface area contributed by atoms with E-state index in [1.807, 2.05) is 6.92 Å². The Balaban J connectivity index is 2.19. The Labute approximate surface area is 115 Å². The minimum absolute atomic E-state index is 0.0188. The molecule has 1 aliphatic carbocycles. The molecule has 1 aliphatic rings. The summed E-state index contributed by atoms with van der Waals surface area (Å²) in [4.78, 5) is 23.2. The lowest BCUT2D eigenvalue weighted by Crippen LogP contribution is -2.38. The minimum atomic E-state index is -0.0878. The van der Waals surface area contributed by atoms with Crippen molar-refractivity contribution in [2.45, 2.75) is 57.9 Å². The van der Waals surface area contributed by atoms with Gasteiger partial charge in [-0.15, -0.1) is 0 Å². The summed E-state index contributed by atoms with van der Waals surface area (Å²) in [6.45, 7) is 2.90. The van der Waals surface area contributed by atoms with E-state index in [-0.39, 0.29) is 23.8 Å². The van der Waals surface area contributed by atoms with Crippen molar-refractivity contribution in [1.82, 2.24) is 5.32 Å². The SMILES string of the molecule is CCOC(=O)C1CCC(NC(=O)CCCCN)CC1. The van der Waals surface area contributed by atoms with Gasteiger partial charge in [0.1, 0.15) is 0 Å². The van der Waals surface area contributed by atoms with Gasteiger partial charge in [0.25, 0.3) is 0 Å². The number of hydrogen-bond acceptors (Lipinski definition) is 4. The average Bonchev–Trinajstić information content (AvgIpc) is 2.40. The number of unbranched alkanes of at least 4 members (excludes halogenated alkanes) is 1. The predicted octanol–water partition coefficient (Wildman–Crippen LogP) is 1.35. The first-order valence-corrected chi connectivity index (χ1v) is 7.33. The predicted molar refractivity (Wildman–Crippen MR) is 73.4 cm³/mol. The summed E-state index contributed by atoms with van der Waals surface area (Å²) < 4.78 is 5.03. The highest BCUT2D eigenvalue weighted by Crippen LogP contribution is 2.25. The zero-order valence-electron chi connectivity index (χ0n) is 11.8. The fourth-order valence-electron chi connectivity index (χ4n) is 2.46. The zero-order chi connectivity index (χ0) is 14.1. The first-order valence-electron chi connectivity index (χ1n) is 7.33. The number of nitrogens with two attached hydrogens (primary N) is 1. The third-order valence-corrected chi connectivity index (χ3v) is 3.57. The zero-order valence-corrected chi connectivity index (χ0v) is 11.8. The Kier molecular flexibility index (Phi) is 7.48. The maximum atomic E-state index is 11.7. The summed E-state index contributed by atoms with van der Waals surface area (Å²) in [5.74, 6) is 0.0357. The van der Waals surface area contributed by atoms with E-state index in [0.29, 0.717) is 19.6 Å². The van der Waals surface area contributed by atoms with Gasteiger partial charge < -0.3 is 15.8 Å². The van der Waals surface area contributed by atoms with Crippen molar-refractivity contribution in [1.29, 1.82) is 0 Å². The second kappa shape index (κ2) is 8.91. The highest BCUT2D eigenvalue weighted by molar-refractivity contribution is 5.76. The third-order valence-electron chi connectivity index (χ3n) is 3.57. The molecule has 0 atom stereocenters. The van der Waals surface area contributed by atoms with Gasteiger partial charge in [-0.25, -0.2) is 0 Å². The summed E-state index contributed by atoms with van der Waals surface area (Å²) in [6, 6.07) is 0.219. The standard InChI is InChI=1S/C14H26N2O3/c1-2-19-14(18)11-6-8-12(9-7-11)16-13(17)5-3-4-10-15/h11-12H,2-10,15H2,1H3,(H,16,17). The Hall–Kier alpha value is -1.10. The molecule has 0 aromatic carbocycles. The molecule has 19 heavy (non-hydrogen) atoms. The Morgan fingerprint density at radius 1 is 1.21 bits per heavy atom. The van der Waals surface area contributed by atoms with Crippen molar-refractivity contribution in [3.8, 4) is 0 Å². The van der Waals surface area contributed by atoms with Crippen LogP contribution in [0.4, 0.5) is 0 Å². The van der Waals surface area contributed by atoms with Crippen molar-refractivity contribution in [2.75, 3.05) is 13.2 Å². The first kappa shape index (κ1) is 16.0. The van der Waals surface area contributed by atoms with Crippen LogP contribution < -0.4 is 11.1 Å². The van der Waals surface area contributed by atoms with Crippen LogP contribution in [0.5, 0.6) is 0 Å². The molecule has 0 unspecified atom stereocenters. The average molecular weight is 270 g/mol. The number of carbonyl (C=O) groups excluding carboxylic acids is 2.